The van der Waals surface area contributed by atoms with Crippen molar-refractivity contribution in [3.63, 3.8) is 0 Å². The lowest BCUT2D eigenvalue weighted by Crippen LogP contribution is -2.60. The van der Waals surface area contributed by atoms with Gasteiger partial charge in [-0.05, 0) is 26.2 Å². The molecule has 9 nitrogen and oxygen atoms in total. The molecule has 0 unspecified atom stereocenters. The average Bonchev–Trinajstić information content (AvgIpc) is 2.99. The number of aliphatic hydroxyl groups excluding tert-OH is 2. The molecule has 2 atom stereocenters. The molecule has 25 heavy (non-hydrogen) atoms. The average molecular weight is 356 g/mol. The van der Waals surface area contributed by atoms with E-state index < -0.39 is 17.8 Å². The fourth-order valence-corrected chi connectivity index (χ4v) is 3.31. The lowest BCUT2D eigenvalue weighted by Gasteiger charge is -2.48. The minimum atomic E-state index is -0.879. The Labute approximate surface area is 145 Å². The zero-order valence-corrected chi connectivity index (χ0v) is 14.1. The predicted octanol–water partition coefficient (Wildman–Crippen LogP) is -0.270. The van der Waals surface area contributed by atoms with E-state index in [0.29, 0.717) is 44.7 Å². The summed E-state index contributed by atoms with van der Waals surface area (Å²) in [6, 6.07) is 1.76. The monoisotopic (exact) mass is 356 g/mol. The number of carbonyl (C=O) groups is 2. The van der Waals surface area contributed by atoms with Crippen molar-refractivity contribution in [3.8, 4) is 0 Å². The van der Waals surface area contributed by atoms with Crippen LogP contribution in [0.25, 0.3) is 0 Å². The second kappa shape index (κ2) is 8.41. The number of hydrogen-bond donors (Lipinski definition) is 3. The molecule has 1 aromatic heterocycles. The molecular weight excluding hydrogens is 332 g/mol. The van der Waals surface area contributed by atoms with Crippen LogP contribution in [-0.2, 0) is 20.7 Å². The van der Waals surface area contributed by atoms with Gasteiger partial charge < -0.3 is 29.5 Å². The molecule has 1 spiro atoms. The van der Waals surface area contributed by atoms with Crippen LogP contribution in [0.4, 0.5) is 0 Å². The molecule has 140 valence electrons. The number of ether oxygens (including phenoxy) is 1. The van der Waals surface area contributed by atoms with Crippen LogP contribution in [0.1, 0.15) is 30.7 Å². The van der Waals surface area contributed by atoms with Gasteiger partial charge in [0.1, 0.15) is 11.9 Å². The molecule has 0 aliphatic carbocycles. The van der Waals surface area contributed by atoms with Crippen LogP contribution in [0, 0.1) is 6.92 Å². The lowest BCUT2D eigenvalue weighted by atomic mass is 9.80. The summed E-state index contributed by atoms with van der Waals surface area (Å²) >= 11 is 0. The fraction of sp³-hybridized carbons (Fsp3) is 0.688. The number of amides is 1. The summed E-state index contributed by atoms with van der Waals surface area (Å²) in [6.45, 7) is 3.03. The lowest BCUT2D eigenvalue weighted by molar-refractivity contribution is -0.214. The SMILES string of the molecule is Cc1cc(CC(=O)N2CCC3(CC2)OCC[C@H](O)[C@@H]3O)on1.O=CO. The molecule has 0 bridgehead atoms. The van der Waals surface area contributed by atoms with Crippen molar-refractivity contribution in [3.05, 3.63) is 17.5 Å². The minimum absolute atomic E-state index is 0.0168. The van der Waals surface area contributed by atoms with Crippen molar-refractivity contribution in [1.82, 2.24) is 10.1 Å². The summed E-state index contributed by atoms with van der Waals surface area (Å²) in [5.74, 6) is 0.545. The summed E-state index contributed by atoms with van der Waals surface area (Å²) < 4.78 is 10.8. The van der Waals surface area contributed by atoms with E-state index in [1.54, 1.807) is 11.0 Å². The molecule has 0 radical (unpaired) electrons. The summed E-state index contributed by atoms with van der Waals surface area (Å²) in [4.78, 5) is 22.4. The van der Waals surface area contributed by atoms with Crippen molar-refractivity contribution in [2.75, 3.05) is 19.7 Å². The number of carbonyl (C=O) groups excluding carboxylic acids is 1. The smallest absolute Gasteiger partial charge is 0.290 e. The maximum absolute atomic E-state index is 12.3. The second-order valence-corrected chi connectivity index (χ2v) is 6.31. The first-order valence-corrected chi connectivity index (χ1v) is 8.20. The van der Waals surface area contributed by atoms with Gasteiger partial charge in [0.05, 0.1) is 30.4 Å². The molecule has 1 aromatic rings. The number of nitrogens with zero attached hydrogens (tertiary/aromatic N) is 2. The molecule has 0 aromatic carbocycles. The Bertz CT molecular complexity index is 581. The number of piperidine rings is 1. The van der Waals surface area contributed by atoms with Gasteiger partial charge in [-0.15, -0.1) is 0 Å². The van der Waals surface area contributed by atoms with Gasteiger partial charge in [-0.1, -0.05) is 5.16 Å². The van der Waals surface area contributed by atoms with Crippen LogP contribution in [-0.4, -0.2) is 75.3 Å². The zero-order chi connectivity index (χ0) is 18.4. The van der Waals surface area contributed by atoms with Crippen LogP contribution in [0.2, 0.25) is 0 Å². The minimum Gasteiger partial charge on any atom is -0.483 e. The number of aromatic nitrogens is 1. The molecule has 9 heteroatoms. The Morgan fingerprint density at radius 2 is 2.08 bits per heavy atom. The molecular formula is C16H24N2O7. The van der Waals surface area contributed by atoms with Crippen molar-refractivity contribution in [2.24, 2.45) is 0 Å². The van der Waals surface area contributed by atoms with Crippen LogP contribution < -0.4 is 0 Å². The van der Waals surface area contributed by atoms with Gasteiger partial charge in [0.25, 0.3) is 6.47 Å². The number of carboxylic acid groups (broad SMARTS) is 1. The number of aryl methyl sites for hydroxylation is 1. The zero-order valence-electron chi connectivity index (χ0n) is 14.1. The third-order valence-electron chi connectivity index (χ3n) is 4.67. The number of aliphatic hydroxyl groups is 2. The Hall–Kier alpha value is -1.97. The highest BCUT2D eigenvalue weighted by molar-refractivity contribution is 5.78. The van der Waals surface area contributed by atoms with Crippen molar-refractivity contribution < 1.29 is 34.2 Å². The van der Waals surface area contributed by atoms with Crippen molar-refractivity contribution >= 4 is 12.4 Å². The van der Waals surface area contributed by atoms with E-state index in [9.17, 15) is 15.0 Å². The van der Waals surface area contributed by atoms with E-state index in [1.165, 1.54) is 0 Å². The third-order valence-corrected chi connectivity index (χ3v) is 4.67. The highest BCUT2D eigenvalue weighted by atomic mass is 16.5. The summed E-state index contributed by atoms with van der Waals surface area (Å²) in [7, 11) is 0. The highest BCUT2D eigenvalue weighted by Crippen LogP contribution is 2.35. The predicted molar refractivity (Wildman–Crippen MR) is 84.8 cm³/mol. The van der Waals surface area contributed by atoms with Gasteiger partial charge >= 0.3 is 0 Å². The van der Waals surface area contributed by atoms with E-state index in [4.69, 9.17) is 19.2 Å². The Morgan fingerprint density at radius 3 is 2.64 bits per heavy atom. The van der Waals surface area contributed by atoms with Crippen LogP contribution in [0.15, 0.2) is 10.6 Å². The Balaban J connectivity index is 0.000000701. The highest BCUT2D eigenvalue weighted by Gasteiger charge is 2.48. The summed E-state index contributed by atoms with van der Waals surface area (Å²) in [6.07, 6.45) is 0.0957. The first-order chi connectivity index (χ1) is 11.9. The summed E-state index contributed by atoms with van der Waals surface area (Å²) in [5.41, 5.74) is 0.0465. The quantitative estimate of drug-likeness (QED) is 0.617. The van der Waals surface area contributed by atoms with E-state index in [2.05, 4.69) is 5.16 Å². The van der Waals surface area contributed by atoms with Crippen LogP contribution >= 0.6 is 0 Å². The van der Waals surface area contributed by atoms with Gasteiger partial charge in [0, 0.05) is 19.2 Å². The van der Waals surface area contributed by atoms with Crippen LogP contribution in [0.3, 0.4) is 0 Å². The molecule has 2 saturated heterocycles. The number of hydrogen-bond acceptors (Lipinski definition) is 7. The summed E-state index contributed by atoms with van der Waals surface area (Å²) in [5, 5.41) is 30.7. The van der Waals surface area contributed by atoms with Crippen molar-refractivity contribution in [2.45, 2.75) is 50.4 Å². The number of likely N-dealkylation sites (tertiary alicyclic amines) is 1. The third kappa shape index (κ3) is 4.56. The van der Waals surface area contributed by atoms with E-state index in [0.717, 1.165) is 5.69 Å². The first-order valence-electron chi connectivity index (χ1n) is 8.20. The topological polar surface area (TPSA) is 133 Å². The Kier molecular flexibility index (Phi) is 6.51. The first kappa shape index (κ1) is 19.4. The maximum atomic E-state index is 12.3. The van der Waals surface area contributed by atoms with Crippen LogP contribution in [0.5, 0.6) is 0 Å². The number of rotatable bonds is 2. The molecule has 2 aliphatic rings. The fourth-order valence-electron chi connectivity index (χ4n) is 3.31. The van der Waals surface area contributed by atoms with Gasteiger partial charge in [-0.3, -0.25) is 9.59 Å². The standard InChI is InChI=1S/C15H22N2O5.CH2O2/c1-10-8-11(22-16-10)9-13(19)17-5-3-15(4-6-17)14(20)12(18)2-7-21-15;2-1-3/h8,12,14,18,20H,2-7,9H2,1H3;1H,(H,2,3)/t12-,14-;/m0./s1. The molecule has 3 rings (SSSR count). The molecule has 2 fully saturated rings. The normalized spacial score (nSPS) is 25.2. The van der Waals surface area contributed by atoms with E-state index in [1.807, 2.05) is 6.92 Å². The molecule has 0 saturated carbocycles. The Morgan fingerprint density at radius 1 is 1.44 bits per heavy atom. The van der Waals surface area contributed by atoms with E-state index >= 15 is 0 Å². The molecule has 2 aliphatic heterocycles. The van der Waals surface area contributed by atoms with Crippen molar-refractivity contribution in [1.29, 1.82) is 0 Å². The van der Waals surface area contributed by atoms with Gasteiger partial charge in [0.2, 0.25) is 5.91 Å². The maximum Gasteiger partial charge on any atom is 0.290 e. The van der Waals surface area contributed by atoms with Gasteiger partial charge in [0.15, 0.2) is 0 Å². The molecule has 3 heterocycles. The van der Waals surface area contributed by atoms with Gasteiger partial charge in [-0.2, -0.15) is 0 Å². The molecule has 1 amide bonds. The second-order valence-electron chi connectivity index (χ2n) is 6.31. The van der Waals surface area contributed by atoms with Gasteiger partial charge in [-0.25, -0.2) is 0 Å². The van der Waals surface area contributed by atoms with E-state index in [-0.39, 0.29) is 18.8 Å². The molecule has 3 N–H and O–H groups in total. The largest absolute Gasteiger partial charge is 0.483 e.